The van der Waals surface area contributed by atoms with Gasteiger partial charge in [-0.05, 0) is 19.4 Å². The van der Waals surface area contributed by atoms with Gasteiger partial charge in [0.05, 0.1) is 5.69 Å². The van der Waals surface area contributed by atoms with Crippen LogP contribution in [0.2, 0.25) is 0 Å². The fourth-order valence-corrected chi connectivity index (χ4v) is 1.85. The fourth-order valence-electron chi connectivity index (χ4n) is 1.85. The van der Waals surface area contributed by atoms with Gasteiger partial charge >= 0.3 is 0 Å². The maximum Gasteiger partial charge on any atom is 0.155 e. The summed E-state index contributed by atoms with van der Waals surface area (Å²) >= 11 is 0. The molecular weight excluding hydrogens is 210 g/mol. The second-order valence-corrected chi connectivity index (χ2v) is 4.21. The highest BCUT2D eigenvalue weighted by Gasteiger charge is 2.06. The lowest BCUT2D eigenvalue weighted by molar-refractivity contribution is 0.918. The first kappa shape index (κ1) is 10.0. The average molecular weight is 223 g/mol. The Kier molecular flexibility index (Phi) is 2.18. The Labute approximate surface area is 99.7 Å². The van der Waals surface area contributed by atoms with E-state index in [9.17, 15) is 0 Å². The molecule has 84 valence electrons. The highest BCUT2D eigenvalue weighted by molar-refractivity contribution is 5.63. The third kappa shape index (κ3) is 1.69. The van der Waals surface area contributed by atoms with Crippen LogP contribution in [0.4, 0.5) is 0 Å². The molecule has 0 N–H and O–H groups in total. The van der Waals surface area contributed by atoms with Gasteiger partial charge in [0.15, 0.2) is 5.65 Å². The number of nitrogens with zero attached hydrogens (tertiary/aromatic N) is 3. The van der Waals surface area contributed by atoms with Crippen molar-refractivity contribution in [1.29, 1.82) is 0 Å². The van der Waals surface area contributed by atoms with Crippen molar-refractivity contribution in [3.63, 3.8) is 0 Å². The number of aryl methyl sites for hydroxylation is 2. The lowest BCUT2D eigenvalue weighted by Crippen LogP contribution is -1.94. The quantitative estimate of drug-likeness (QED) is 0.634. The van der Waals surface area contributed by atoms with E-state index in [1.807, 2.05) is 48.8 Å². The van der Waals surface area contributed by atoms with E-state index in [0.717, 1.165) is 28.2 Å². The van der Waals surface area contributed by atoms with Gasteiger partial charge in [0.2, 0.25) is 0 Å². The van der Waals surface area contributed by atoms with E-state index in [4.69, 9.17) is 0 Å². The van der Waals surface area contributed by atoms with Crippen LogP contribution in [0.15, 0.2) is 42.6 Å². The van der Waals surface area contributed by atoms with Crippen molar-refractivity contribution in [2.75, 3.05) is 0 Å². The molecule has 0 unspecified atom stereocenters. The largest absolute Gasteiger partial charge is 0.234 e. The summed E-state index contributed by atoms with van der Waals surface area (Å²) in [7, 11) is 0. The summed E-state index contributed by atoms with van der Waals surface area (Å²) < 4.78 is 1.84. The van der Waals surface area contributed by atoms with Crippen LogP contribution in [0.3, 0.4) is 0 Å². The van der Waals surface area contributed by atoms with Crippen molar-refractivity contribution in [3.05, 3.63) is 53.9 Å². The van der Waals surface area contributed by atoms with Crippen LogP contribution in [0, 0.1) is 13.8 Å². The molecule has 0 aliphatic heterocycles. The third-order valence-corrected chi connectivity index (χ3v) is 2.95. The normalized spacial score (nSPS) is 10.9. The van der Waals surface area contributed by atoms with Crippen molar-refractivity contribution in [2.24, 2.45) is 0 Å². The zero-order chi connectivity index (χ0) is 11.8. The zero-order valence-corrected chi connectivity index (χ0v) is 9.88. The number of hydrogen-bond acceptors (Lipinski definition) is 2. The maximum atomic E-state index is 4.54. The molecule has 0 radical (unpaired) electrons. The van der Waals surface area contributed by atoms with Crippen molar-refractivity contribution >= 4 is 5.65 Å². The predicted molar refractivity (Wildman–Crippen MR) is 67.9 cm³/mol. The minimum absolute atomic E-state index is 0.895. The molecule has 3 aromatic rings. The van der Waals surface area contributed by atoms with Gasteiger partial charge in [-0.3, -0.25) is 0 Å². The minimum atomic E-state index is 0.895. The Hall–Kier alpha value is -2.16. The van der Waals surface area contributed by atoms with Gasteiger partial charge in [-0.25, -0.2) is 9.50 Å². The summed E-state index contributed by atoms with van der Waals surface area (Å²) in [6.45, 7) is 4.07. The van der Waals surface area contributed by atoms with E-state index >= 15 is 0 Å². The fraction of sp³-hybridized carbons (Fsp3) is 0.143. The van der Waals surface area contributed by atoms with Crippen molar-refractivity contribution in [1.82, 2.24) is 14.6 Å². The van der Waals surface area contributed by atoms with E-state index in [1.54, 1.807) is 0 Å². The highest BCUT2D eigenvalue weighted by Crippen LogP contribution is 2.19. The van der Waals surface area contributed by atoms with E-state index in [0.29, 0.717) is 0 Å². The molecule has 0 saturated carbocycles. The monoisotopic (exact) mass is 223 g/mol. The minimum Gasteiger partial charge on any atom is -0.234 e. The summed E-state index contributed by atoms with van der Waals surface area (Å²) in [5, 5.41) is 4.54. The molecule has 3 heteroatoms. The van der Waals surface area contributed by atoms with Gasteiger partial charge in [0.25, 0.3) is 0 Å². The molecule has 0 fully saturated rings. The molecule has 3 nitrogen and oxygen atoms in total. The number of fused-ring (bicyclic) bond motifs is 1. The number of aromatic nitrogens is 3. The second-order valence-electron chi connectivity index (χ2n) is 4.21. The maximum absolute atomic E-state index is 4.54. The summed E-state index contributed by atoms with van der Waals surface area (Å²) in [4.78, 5) is 4.52. The SMILES string of the molecule is Cc1cn2nc(-c3ccccc3)cc2nc1C. The summed E-state index contributed by atoms with van der Waals surface area (Å²) in [5.74, 6) is 0. The van der Waals surface area contributed by atoms with Crippen LogP contribution < -0.4 is 0 Å². The lowest BCUT2D eigenvalue weighted by Gasteiger charge is -1.98. The van der Waals surface area contributed by atoms with E-state index < -0.39 is 0 Å². The molecule has 0 spiro atoms. The molecule has 17 heavy (non-hydrogen) atoms. The Morgan fingerprint density at radius 2 is 1.82 bits per heavy atom. The summed E-state index contributed by atoms with van der Waals surface area (Å²) in [6, 6.07) is 12.2. The molecule has 0 saturated heterocycles. The van der Waals surface area contributed by atoms with Crippen molar-refractivity contribution in [2.45, 2.75) is 13.8 Å². The Balaban J connectivity index is 2.21. The first-order chi connectivity index (χ1) is 8.24. The van der Waals surface area contributed by atoms with Gasteiger partial charge in [-0.1, -0.05) is 30.3 Å². The van der Waals surface area contributed by atoms with Gasteiger partial charge < -0.3 is 0 Å². The molecule has 1 aromatic carbocycles. The van der Waals surface area contributed by atoms with Gasteiger partial charge in [-0.15, -0.1) is 0 Å². The molecule has 0 amide bonds. The molecule has 0 aliphatic carbocycles. The van der Waals surface area contributed by atoms with E-state index in [2.05, 4.69) is 22.2 Å². The Morgan fingerprint density at radius 1 is 1.06 bits per heavy atom. The Morgan fingerprint density at radius 3 is 2.59 bits per heavy atom. The first-order valence-electron chi connectivity index (χ1n) is 5.63. The van der Waals surface area contributed by atoms with Crippen LogP contribution in [-0.4, -0.2) is 14.6 Å². The lowest BCUT2D eigenvalue weighted by atomic mass is 10.2. The van der Waals surface area contributed by atoms with E-state index in [-0.39, 0.29) is 0 Å². The van der Waals surface area contributed by atoms with Crippen molar-refractivity contribution in [3.8, 4) is 11.3 Å². The van der Waals surface area contributed by atoms with E-state index in [1.165, 1.54) is 0 Å². The average Bonchev–Trinajstić information content (AvgIpc) is 2.74. The van der Waals surface area contributed by atoms with Crippen LogP contribution in [-0.2, 0) is 0 Å². The molecule has 0 bridgehead atoms. The highest BCUT2D eigenvalue weighted by atomic mass is 15.2. The number of benzene rings is 1. The predicted octanol–water partition coefficient (Wildman–Crippen LogP) is 3.01. The van der Waals surface area contributed by atoms with Crippen LogP contribution in [0.5, 0.6) is 0 Å². The number of hydrogen-bond donors (Lipinski definition) is 0. The van der Waals surface area contributed by atoms with Crippen molar-refractivity contribution < 1.29 is 0 Å². The second kappa shape index (κ2) is 3.70. The smallest absolute Gasteiger partial charge is 0.155 e. The van der Waals surface area contributed by atoms with Gasteiger partial charge in [0.1, 0.15) is 0 Å². The molecule has 2 aromatic heterocycles. The summed E-state index contributed by atoms with van der Waals surface area (Å²) in [6.07, 6.45) is 2.02. The molecule has 0 atom stereocenters. The van der Waals surface area contributed by atoms with Crippen LogP contribution >= 0.6 is 0 Å². The van der Waals surface area contributed by atoms with Gasteiger partial charge in [-0.2, -0.15) is 5.10 Å². The zero-order valence-electron chi connectivity index (χ0n) is 9.88. The molecule has 3 rings (SSSR count). The molecule has 2 heterocycles. The summed E-state index contributed by atoms with van der Waals surface area (Å²) in [5.41, 5.74) is 5.18. The Bertz CT molecular complexity index is 630. The molecule has 0 aliphatic rings. The standard InChI is InChI=1S/C14H13N3/c1-10-9-17-14(15-11(10)2)8-13(16-17)12-6-4-3-5-7-12/h3-9H,1-2H3. The first-order valence-corrected chi connectivity index (χ1v) is 5.63. The van der Waals surface area contributed by atoms with Crippen LogP contribution in [0.1, 0.15) is 11.3 Å². The van der Waals surface area contributed by atoms with Gasteiger partial charge in [0, 0.05) is 23.5 Å². The third-order valence-electron chi connectivity index (χ3n) is 2.95. The molecular formula is C14H13N3. The topological polar surface area (TPSA) is 30.2 Å². The number of rotatable bonds is 1. The van der Waals surface area contributed by atoms with Crippen LogP contribution in [0.25, 0.3) is 16.9 Å².